The third-order valence-corrected chi connectivity index (χ3v) is 5.77. The number of alkyl halides is 2. The quantitative estimate of drug-likeness (QED) is 0.460. The molecule has 152 valence electrons. The van der Waals surface area contributed by atoms with E-state index in [0.717, 1.165) is 30.7 Å². The van der Waals surface area contributed by atoms with Crippen molar-refractivity contribution in [1.82, 2.24) is 0 Å². The lowest BCUT2D eigenvalue weighted by Gasteiger charge is -2.29. The number of nitriles is 1. The van der Waals surface area contributed by atoms with Crippen molar-refractivity contribution < 1.29 is 13.5 Å². The number of hydrogen-bond acceptors (Lipinski definition) is 2. The average molecular weight is 395 g/mol. The van der Waals surface area contributed by atoms with Crippen molar-refractivity contribution >= 4 is 0 Å². The molecule has 0 unspecified atom stereocenters. The monoisotopic (exact) mass is 395 g/mol. The third-order valence-electron chi connectivity index (χ3n) is 5.77. The van der Waals surface area contributed by atoms with Crippen LogP contribution in [0.2, 0.25) is 0 Å². The molecule has 2 nitrogen and oxygen atoms in total. The van der Waals surface area contributed by atoms with Crippen molar-refractivity contribution in [3.05, 3.63) is 77.4 Å². The van der Waals surface area contributed by atoms with E-state index < -0.39 is 6.11 Å². The highest BCUT2D eigenvalue weighted by Crippen LogP contribution is 2.39. The van der Waals surface area contributed by atoms with Crippen molar-refractivity contribution in [2.24, 2.45) is 5.92 Å². The molecule has 29 heavy (non-hydrogen) atoms. The second-order valence-corrected chi connectivity index (χ2v) is 7.74. The fourth-order valence-electron chi connectivity index (χ4n) is 4.04. The molecule has 0 aliphatic heterocycles. The molecule has 2 aromatic carbocycles. The van der Waals surface area contributed by atoms with Crippen LogP contribution in [0.15, 0.2) is 60.7 Å². The summed E-state index contributed by atoms with van der Waals surface area (Å²) in [6.07, 6.45) is 7.97. The minimum absolute atomic E-state index is 0.0364. The van der Waals surface area contributed by atoms with E-state index in [9.17, 15) is 8.78 Å². The largest absolute Gasteiger partial charge is 0.429 e. The van der Waals surface area contributed by atoms with Crippen LogP contribution in [0.25, 0.3) is 0 Å². The Morgan fingerprint density at radius 2 is 1.69 bits per heavy atom. The molecule has 1 saturated carbocycles. The molecule has 3 rings (SSSR count). The summed E-state index contributed by atoms with van der Waals surface area (Å²) in [5.41, 5.74) is 1.38. The Bertz CT molecular complexity index is 842. The summed E-state index contributed by atoms with van der Waals surface area (Å²) < 4.78 is 33.9. The lowest BCUT2D eigenvalue weighted by Crippen LogP contribution is -2.22. The summed E-state index contributed by atoms with van der Waals surface area (Å²) in [4.78, 5) is 0. The molecule has 0 saturated heterocycles. The van der Waals surface area contributed by atoms with Gasteiger partial charge >= 0.3 is 6.11 Å². The van der Waals surface area contributed by atoms with E-state index in [1.807, 2.05) is 18.2 Å². The molecule has 0 atom stereocenters. The number of hydrogen-bond donors (Lipinski definition) is 0. The van der Waals surface area contributed by atoms with Crippen molar-refractivity contribution in [3.63, 3.8) is 0 Å². The lowest BCUT2D eigenvalue weighted by atomic mass is 9.77. The van der Waals surface area contributed by atoms with Crippen molar-refractivity contribution in [1.29, 1.82) is 5.26 Å². The molecule has 0 amide bonds. The Morgan fingerprint density at radius 1 is 1.03 bits per heavy atom. The molecule has 0 spiro atoms. The van der Waals surface area contributed by atoms with Crippen LogP contribution in [0.4, 0.5) is 8.78 Å². The third kappa shape index (κ3) is 5.67. The lowest BCUT2D eigenvalue weighted by molar-refractivity contribution is -0.185. The van der Waals surface area contributed by atoms with Gasteiger partial charge in [-0.05, 0) is 99.2 Å². The fourth-order valence-corrected chi connectivity index (χ4v) is 4.04. The molecule has 0 radical (unpaired) electrons. The molecule has 0 bridgehead atoms. The van der Waals surface area contributed by atoms with Gasteiger partial charge in [-0.25, -0.2) is 0 Å². The maximum Gasteiger partial charge on any atom is 0.426 e. The Hall–Kier alpha value is -2.67. The standard InChI is InChI=1S/C25H27F2NO/c1-2-3-4-5-19-6-10-21(11-7-19)22-12-14-23(15-13-22)25(26,27)29-24-16-8-20(18-28)9-17-24/h2-3,8-9,12-17,19,21H,4-7,10-11H2,1H3/t19-,21-. The topological polar surface area (TPSA) is 33.0 Å². The molecule has 4 heteroatoms. The second-order valence-electron chi connectivity index (χ2n) is 7.74. The van der Waals surface area contributed by atoms with Crippen LogP contribution >= 0.6 is 0 Å². The van der Waals surface area contributed by atoms with Gasteiger partial charge in [-0.2, -0.15) is 14.0 Å². The molecule has 1 aliphatic carbocycles. The highest BCUT2D eigenvalue weighted by Gasteiger charge is 2.34. The zero-order chi connectivity index (χ0) is 20.7. The summed E-state index contributed by atoms with van der Waals surface area (Å²) in [5.74, 6) is 1.27. The second kappa shape index (κ2) is 9.69. The van der Waals surface area contributed by atoms with Gasteiger partial charge in [0, 0.05) is 0 Å². The van der Waals surface area contributed by atoms with Crippen LogP contribution < -0.4 is 4.74 Å². The molecule has 0 aromatic heterocycles. The zero-order valence-corrected chi connectivity index (χ0v) is 16.8. The fraction of sp³-hybridized carbons (Fsp3) is 0.400. The highest BCUT2D eigenvalue weighted by molar-refractivity contribution is 5.35. The van der Waals surface area contributed by atoms with E-state index >= 15 is 0 Å². The Balaban J connectivity index is 1.58. The molecular weight excluding hydrogens is 368 g/mol. The summed E-state index contributed by atoms with van der Waals surface area (Å²) in [6, 6.07) is 14.2. The molecule has 0 N–H and O–H groups in total. The first-order valence-corrected chi connectivity index (χ1v) is 10.3. The van der Waals surface area contributed by atoms with Crippen LogP contribution in [-0.2, 0) is 6.11 Å². The number of allylic oxidation sites excluding steroid dienone is 2. The Kier molecular flexibility index (Phi) is 7.04. The van der Waals surface area contributed by atoms with Crippen molar-refractivity contribution in [2.75, 3.05) is 0 Å². The smallest absolute Gasteiger partial charge is 0.426 e. The van der Waals surface area contributed by atoms with Gasteiger partial charge in [0.2, 0.25) is 0 Å². The molecule has 0 heterocycles. The Morgan fingerprint density at radius 3 is 2.28 bits per heavy atom. The number of rotatable bonds is 7. The van der Waals surface area contributed by atoms with E-state index in [2.05, 4.69) is 19.1 Å². The summed E-state index contributed by atoms with van der Waals surface area (Å²) in [6.45, 7) is 2.06. The van der Waals surface area contributed by atoms with Crippen molar-refractivity contribution in [3.8, 4) is 11.8 Å². The highest BCUT2D eigenvalue weighted by atomic mass is 19.3. The van der Waals surface area contributed by atoms with Gasteiger partial charge in [-0.1, -0.05) is 24.3 Å². The van der Waals surface area contributed by atoms with Gasteiger partial charge in [0.15, 0.2) is 0 Å². The predicted octanol–water partition coefficient (Wildman–Crippen LogP) is 7.32. The molecule has 1 fully saturated rings. The van der Waals surface area contributed by atoms with Crippen molar-refractivity contribution in [2.45, 2.75) is 57.5 Å². The van der Waals surface area contributed by atoms with Gasteiger partial charge in [-0.3, -0.25) is 0 Å². The van der Waals surface area contributed by atoms with Gasteiger partial charge in [-0.15, -0.1) is 0 Å². The van der Waals surface area contributed by atoms with Crippen LogP contribution in [0.3, 0.4) is 0 Å². The first kappa shape index (κ1) is 21.0. The normalized spacial score (nSPS) is 19.8. The minimum Gasteiger partial charge on any atom is -0.429 e. The van der Waals surface area contributed by atoms with Gasteiger partial charge < -0.3 is 4.74 Å². The number of nitrogens with zero attached hydrogens (tertiary/aromatic N) is 1. The van der Waals surface area contributed by atoms with E-state index in [1.54, 1.807) is 0 Å². The number of halogens is 2. The van der Waals surface area contributed by atoms with Crippen LogP contribution in [0.5, 0.6) is 5.75 Å². The molecule has 2 aromatic rings. The van der Waals surface area contributed by atoms with E-state index in [4.69, 9.17) is 10.00 Å². The average Bonchev–Trinajstić information content (AvgIpc) is 2.75. The maximum absolute atomic E-state index is 14.5. The van der Waals surface area contributed by atoms with Crippen LogP contribution in [-0.4, -0.2) is 0 Å². The summed E-state index contributed by atoms with van der Waals surface area (Å²) >= 11 is 0. The number of ether oxygens (including phenoxy) is 1. The summed E-state index contributed by atoms with van der Waals surface area (Å²) in [5, 5.41) is 8.79. The van der Waals surface area contributed by atoms with E-state index in [-0.39, 0.29) is 11.3 Å². The minimum atomic E-state index is -3.42. The van der Waals surface area contributed by atoms with E-state index in [1.165, 1.54) is 55.7 Å². The maximum atomic E-state index is 14.5. The SMILES string of the molecule is CC=CCC[C@H]1CC[C@H](c2ccc(C(F)(F)Oc3ccc(C#N)cc3)cc2)CC1. The van der Waals surface area contributed by atoms with E-state index in [0.29, 0.717) is 11.5 Å². The number of benzene rings is 2. The van der Waals surface area contributed by atoms with Gasteiger partial charge in [0.05, 0.1) is 17.2 Å². The first-order valence-electron chi connectivity index (χ1n) is 10.3. The zero-order valence-electron chi connectivity index (χ0n) is 16.8. The van der Waals surface area contributed by atoms with Gasteiger partial charge in [0.1, 0.15) is 5.75 Å². The molecular formula is C25H27F2NO. The summed E-state index contributed by atoms with van der Waals surface area (Å²) in [7, 11) is 0. The van der Waals surface area contributed by atoms with Crippen LogP contribution in [0, 0.1) is 17.2 Å². The Labute approximate surface area is 171 Å². The molecule has 1 aliphatic rings. The van der Waals surface area contributed by atoms with Gasteiger partial charge in [0.25, 0.3) is 0 Å². The van der Waals surface area contributed by atoms with Crippen LogP contribution in [0.1, 0.15) is 68.1 Å². The predicted molar refractivity (Wildman–Crippen MR) is 111 cm³/mol. The first-order chi connectivity index (χ1) is 14.0.